The number of rotatable bonds is 5. The van der Waals surface area contributed by atoms with Crippen LogP contribution in [-0.4, -0.2) is 28.9 Å². The van der Waals surface area contributed by atoms with Crippen LogP contribution in [-0.2, 0) is 9.59 Å². The minimum absolute atomic E-state index is 0.330. The molecule has 0 heterocycles. The van der Waals surface area contributed by atoms with Crippen LogP contribution in [0.2, 0.25) is 0 Å². The first-order valence-corrected chi connectivity index (χ1v) is 5.29. The molecule has 0 unspecified atom stereocenters. The van der Waals surface area contributed by atoms with Crippen molar-refractivity contribution in [3.05, 3.63) is 35.4 Å². The van der Waals surface area contributed by atoms with E-state index in [4.69, 9.17) is 10.8 Å². The molecule has 6 heteroatoms. The number of carbonyl (C=O) groups excluding carboxylic acids is 2. The van der Waals surface area contributed by atoms with Crippen molar-refractivity contribution < 1.29 is 19.5 Å². The molecule has 1 aromatic carbocycles. The number of aliphatic carboxylic acids is 1. The van der Waals surface area contributed by atoms with E-state index in [-0.39, 0.29) is 0 Å². The molecule has 18 heavy (non-hydrogen) atoms. The molecule has 1 atom stereocenters. The summed E-state index contributed by atoms with van der Waals surface area (Å²) in [5.74, 6) is -2.63. The van der Waals surface area contributed by atoms with Crippen LogP contribution in [0.15, 0.2) is 24.3 Å². The molecule has 0 aliphatic carbocycles. The van der Waals surface area contributed by atoms with Gasteiger partial charge < -0.3 is 16.2 Å². The lowest BCUT2D eigenvalue weighted by molar-refractivity contribution is -0.140. The maximum Gasteiger partial charge on any atom is 0.326 e. The molecule has 1 aromatic rings. The van der Waals surface area contributed by atoms with E-state index in [9.17, 15) is 14.4 Å². The van der Waals surface area contributed by atoms with Crippen molar-refractivity contribution in [3.63, 3.8) is 0 Å². The van der Waals surface area contributed by atoms with E-state index in [2.05, 4.69) is 5.32 Å². The predicted octanol–water partition coefficient (Wildman–Crippen LogP) is 0.0534. The summed E-state index contributed by atoms with van der Waals surface area (Å²) < 4.78 is 0. The van der Waals surface area contributed by atoms with E-state index in [0.717, 1.165) is 5.56 Å². The fourth-order valence-electron chi connectivity index (χ4n) is 1.35. The second kappa shape index (κ2) is 5.81. The van der Waals surface area contributed by atoms with E-state index in [1.54, 1.807) is 24.3 Å². The SMILES string of the molecule is Cc1ccc(C(=O)N[C@@H](CC(N)=O)C(=O)O)cc1. The fourth-order valence-corrected chi connectivity index (χ4v) is 1.35. The number of benzene rings is 1. The number of nitrogens with two attached hydrogens (primary N) is 1. The quantitative estimate of drug-likeness (QED) is 0.686. The van der Waals surface area contributed by atoms with Crippen LogP contribution in [0.25, 0.3) is 0 Å². The van der Waals surface area contributed by atoms with Crippen molar-refractivity contribution in [2.24, 2.45) is 5.73 Å². The van der Waals surface area contributed by atoms with E-state index < -0.39 is 30.2 Å². The third-order valence-electron chi connectivity index (χ3n) is 2.32. The molecule has 0 bridgehead atoms. The summed E-state index contributed by atoms with van der Waals surface area (Å²) in [5.41, 5.74) is 6.23. The second-order valence-corrected chi connectivity index (χ2v) is 3.90. The molecular weight excluding hydrogens is 236 g/mol. The van der Waals surface area contributed by atoms with Crippen molar-refractivity contribution in [2.45, 2.75) is 19.4 Å². The number of aryl methyl sites for hydroxylation is 1. The van der Waals surface area contributed by atoms with E-state index in [1.165, 1.54) is 0 Å². The Morgan fingerprint density at radius 1 is 1.28 bits per heavy atom. The van der Waals surface area contributed by atoms with Gasteiger partial charge >= 0.3 is 5.97 Å². The van der Waals surface area contributed by atoms with Gasteiger partial charge in [-0.05, 0) is 19.1 Å². The van der Waals surface area contributed by atoms with Crippen molar-refractivity contribution in [1.82, 2.24) is 5.32 Å². The van der Waals surface area contributed by atoms with Crippen molar-refractivity contribution in [2.75, 3.05) is 0 Å². The number of hydrogen-bond acceptors (Lipinski definition) is 3. The molecule has 0 spiro atoms. The molecule has 0 aliphatic rings. The minimum Gasteiger partial charge on any atom is -0.480 e. The summed E-state index contributed by atoms with van der Waals surface area (Å²) in [6.45, 7) is 1.87. The maximum atomic E-state index is 11.7. The average molecular weight is 250 g/mol. The number of carboxylic acid groups (broad SMARTS) is 1. The molecular formula is C12H14N2O4. The first kappa shape index (κ1) is 13.7. The van der Waals surface area contributed by atoms with Crippen LogP contribution in [0.5, 0.6) is 0 Å². The van der Waals surface area contributed by atoms with Gasteiger partial charge in [0.15, 0.2) is 0 Å². The number of carboxylic acids is 1. The fraction of sp³-hybridized carbons (Fsp3) is 0.250. The zero-order valence-corrected chi connectivity index (χ0v) is 9.84. The number of amides is 2. The molecule has 0 aliphatic heterocycles. The van der Waals surface area contributed by atoms with Crippen LogP contribution in [0.4, 0.5) is 0 Å². The molecule has 0 aromatic heterocycles. The lowest BCUT2D eigenvalue weighted by Crippen LogP contribution is -2.43. The maximum absolute atomic E-state index is 11.7. The van der Waals surface area contributed by atoms with Gasteiger partial charge in [0.05, 0.1) is 6.42 Å². The number of carbonyl (C=O) groups is 3. The number of primary amides is 1. The van der Waals surface area contributed by atoms with E-state index in [1.807, 2.05) is 6.92 Å². The van der Waals surface area contributed by atoms with E-state index >= 15 is 0 Å². The third kappa shape index (κ3) is 3.89. The zero-order chi connectivity index (χ0) is 13.7. The molecule has 6 nitrogen and oxygen atoms in total. The van der Waals surface area contributed by atoms with Crippen molar-refractivity contribution in [1.29, 1.82) is 0 Å². The van der Waals surface area contributed by atoms with Crippen LogP contribution in [0.3, 0.4) is 0 Å². The molecule has 0 saturated carbocycles. The van der Waals surface area contributed by atoms with Gasteiger partial charge in [0.25, 0.3) is 5.91 Å². The number of nitrogens with one attached hydrogen (secondary N) is 1. The standard InChI is InChI=1S/C12H14N2O4/c1-7-2-4-8(5-3-7)11(16)14-9(12(17)18)6-10(13)15/h2-5,9H,6H2,1H3,(H2,13,15)(H,14,16)(H,17,18)/t9-/m0/s1. The predicted molar refractivity (Wildman–Crippen MR) is 63.9 cm³/mol. The monoisotopic (exact) mass is 250 g/mol. The number of hydrogen-bond donors (Lipinski definition) is 3. The Balaban J connectivity index is 2.75. The summed E-state index contributed by atoms with van der Waals surface area (Å²) >= 11 is 0. The first-order valence-electron chi connectivity index (χ1n) is 5.29. The molecule has 4 N–H and O–H groups in total. The molecule has 0 radical (unpaired) electrons. The van der Waals surface area contributed by atoms with Gasteiger partial charge in [0.2, 0.25) is 5.91 Å². The van der Waals surface area contributed by atoms with Gasteiger partial charge in [-0.25, -0.2) is 4.79 Å². The minimum atomic E-state index is -1.31. The third-order valence-corrected chi connectivity index (χ3v) is 2.32. The highest BCUT2D eigenvalue weighted by molar-refractivity contribution is 5.97. The van der Waals surface area contributed by atoms with Crippen LogP contribution in [0.1, 0.15) is 22.3 Å². The highest BCUT2D eigenvalue weighted by atomic mass is 16.4. The molecule has 0 fully saturated rings. The Labute approximate surface area is 104 Å². The average Bonchev–Trinajstić information content (AvgIpc) is 2.28. The highest BCUT2D eigenvalue weighted by Gasteiger charge is 2.22. The molecule has 1 rings (SSSR count). The van der Waals surface area contributed by atoms with Crippen molar-refractivity contribution in [3.8, 4) is 0 Å². The molecule has 0 saturated heterocycles. The largest absolute Gasteiger partial charge is 0.480 e. The Bertz CT molecular complexity index is 467. The van der Waals surface area contributed by atoms with E-state index in [0.29, 0.717) is 5.56 Å². The van der Waals surface area contributed by atoms with Crippen molar-refractivity contribution >= 4 is 17.8 Å². The zero-order valence-electron chi connectivity index (χ0n) is 9.84. The van der Waals surface area contributed by atoms with Crippen LogP contribution < -0.4 is 11.1 Å². The van der Waals surface area contributed by atoms with Crippen LogP contribution in [0, 0.1) is 6.92 Å². The Morgan fingerprint density at radius 2 is 1.83 bits per heavy atom. The van der Waals surface area contributed by atoms with Gasteiger partial charge in [0.1, 0.15) is 6.04 Å². The van der Waals surface area contributed by atoms with Gasteiger partial charge in [-0.3, -0.25) is 9.59 Å². The lowest BCUT2D eigenvalue weighted by atomic mass is 10.1. The lowest BCUT2D eigenvalue weighted by Gasteiger charge is -2.12. The molecule has 2 amide bonds. The van der Waals surface area contributed by atoms with Crippen LogP contribution >= 0.6 is 0 Å². The molecule has 96 valence electrons. The Kier molecular flexibility index (Phi) is 4.42. The highest BCUT2D eigenvalue weighted by Crippen LogP contribution is 2.04. The van der Waals surface area contributed by atoms with Gasteiger partial charge in [-0.15, -0.1) is 0 Å². The Hall–Kier alpha value is -2.37. The Morgan fingerprint density at radius 3 is 2.28 bits per heavy atom. The summed E-state index contributed by atoms with van der Waals surface area (Å²) in [6.07, 6.45) is -0.438. The normalized spacial score (nSPS) is 11.6. The summed E-state index contributed by atoms with van der Waals surface area (Å²) in [6, 6.07) is 5.32. The van der Waals surface area contributed by atoms with Gasteiger partial charge in [-0.1, -0.05) is 17.7 Å². The first-order chi connectivity index (χ1) is 8.40. The summed E-state index contributed by atoms with van der Waals surface area (Å²) in [4.78, 5) is 33.2. The summed E-state index contributed by atoms with van der Waals surface area (Å²) in [5, 5.41) is 11.1. The summed E-state index contributed by atoms with van der Waals surface area (Å²) in [7, 11) is 0. The van der Waals surface area contributed by atoms with Gasteiger partial charge in [-0.2, -0.15) is 0 Å². The second-order valence-electron chi connectivity index (χ2n) is 3.90. The smallest absolute Gasteiger partial charge is 0.326 e. The van der Waals surface area contributed by atoms with Gasteiger partial charge in [0, 0.05) is 5.56 Å². The topological polar surface area (TPSA) is 109 Å².